The van der Waals surface area contributed by atoms with Gasteiger partial charge in [-0.05, 0) is 55.3 Å². The molecule has 0 aliphatic carbocycles. The Kier molecular flexibility index (Phi) is 4.79. The summed E-state index contributed by atoms with van der Waals surface area (Å²) in [7, 11) is -3.73. The first-order valence-electron chi connectivity index (χ1n) is 7.94. The molecule has 0 spiro atoms. The van der Waals surface area contributed by atoms with Crippen LogP contribution in [-0.2, 0) is 14.8 Å². The molecule has 1 atom stereocenters. The average Bonchev–Trinajstić information content (AvgIpc) is 2.60. The second kappa shape index (κ2) is 6.72. The molecule has 2 N–H and O–H groups in total. The minimum absolute atomic E-state index is 0.101. The van der Waals surface area contributed by atoms with Crippen LogP contribution in [-0.4, -0.2) is 19.6 Å². The van der Waals surface area contributed by atoms with E-state index in [1.165, 1.54) is 6.07 Å². The third kappa shape index (κ3) is 4.16. The average molecular weight is 377 g/mol. The van der Waals surface area contributed by atoms with Gasteiger partial charge in [0.15, 0.2) is 0 Å². The molecule has 3 rings (SSSR count). The largest absolute Gasteiger partial charge is 0.325 e. The van der Waals surface area contributed by atoms with Gasteiger partial charge in [-0.25, -0.2) is 8.42 Å². The second-order valence-electron chi connectivity index (χ2n) is 6.32. The molecule has 0 bridgehead atoms. The van der Waals surface area contributed by atoms with Gasteiger partial charge in [0.25, 0.3) is 10.0 Å². The molecular formula is C18H20N2O3S2. The zero-order valence-electron chi connectivity index (χ0n) is 14.3. The van der Waals surface area contributed by atoms with E-state index in [2.05, 4.69) is 10.0 Å². The van der Waals surface area contributed by atoms with Crippen LogP contribution >= 0.6 is 11.8 Å². The van der Waals surface area contributed by atoms with E-state index in [0.717, 1.165) is 16.0 Å². The third-order valence-electron chi connectivity index (χ3n) is 3.81. The van der Waals surface area contributed by atoms with E-state index in [1.807, 2.05) is 26.8 Å². The van der Waals surface area contributed by atoms with Gasteiger partial charge in [-0.15, -0.1) is 11.8 Å². The summed E-state index contributed by atoms with van der Waals surface area (Å²) in [5.41, 5.74) is 3.04. The maximum Gasteiger partial charge on any atom is 0.261 e. The summed E-state index contributed by atoms with van der Waals surface area (Å²) in [6, 6.07) is 10.4. The maximum absolute atomic E-state index is 12.7. The minimum atomic E-state index is -3.73. The predicted octanol–water partition coefficient (Wildman–Crippen LogP) is 3.93. The standard InChI is InChI=1S/C18H20N2O3S2/c1-11-6-12(2)8-14(7-11)20-25(22,23)15-4-5-17-16(10-15)19-18(21)9-13(3)24-17/h4-8,10,13,20H,9H2,1-3H3,(H,19,21). The summed E-state index contributed by atoms with van der Waals surface area (Å²) in [5, 5.41) is 2.95. The number of carbonyl (C=O) groups is 1. The Balaban J connectivity index is 1.94. The van der Waals surface area contributed by atoms with Crippen LogP contribution < -0.4 is 10.0 Å². The topological polar surface area (TPSA) is 75.3 Å². The number of amides is 1. The van der Waals surface area contributed by atoms with E-state index in [1.54, 1.807) is 36.0 Å². The first kappa shape index (κ1) is 17.8. The smallest absolute Gasteiger partial charge is 0.261 e. The van der Waals surface area contributed by atoms with Gasteiger partial charge in [-0.1, -0.05) is 13.0 Å². The Bertz CT molecular complexity index is 919. The van der Waals surface area contributed by atoms with E-state index in [4.69, 9.17) is 0 Å². The number of hydrogen-bond donors (Lipinski definition) is 2. The lowest BCUT2D eigenvalue weighted by molar-refractivity contribution is -0.116. The van der Waals surface area contributed by atoms with Crippen LogP contribution in [0.5, 0.6) is 0 Å². The van der Waals surface area contributed by atoms with E-state index in [9.17, 15) is 13.2 Å². The molecule has 132 valence electrons. The Labute approximate surface area is 152 Å². The van der Waals surface area contributed by atoms with Crippen LogP contribution in [0.4, 0.5) is 11.4 Å². The second-order valence-corrected chi connectivity index (χ2v) is 9.48. The Hall–Kier alpha value is -1.99. The normalized spacial score (nSPS) is 17.4. The zero-order valence-corrected chi connectivity index (χ0v) is 15.9. The molecule has 0 aromatic heterocycles. The quantitative estimate of drug-likeness (QED) is 0.851. The molecule has 5 nitrogen and oxygen atoms in total. The summed E-state index contributed by atoms with van der Waals surface area (Å²) in [6.45, 7) is 5.81. The van der Waals surface area contributed by atoms with Crippen LogP contribution in [0.15, 0.2) is 46.2 Å². The van der Waals surface area contributed by atoms with Gasteiger partial charge in [0.1, 0.15) is 0 Å². The van der Waals surface area contributed by atoms with Crippen LogP contribution in [0.3, 0.4) is 0 Å². The number of nitrogens with one attached hydrogen (secondary N) is 2. The third-order valence-corrected chi connectivity index (χ3v) is 6.37. The molecule has 0 saturated carbocycles. The van der Waals surface area contributed by atoms with E-state index >= 15 is 0 Å². The number of fused-ring (bicyclic) bond motifs is 1. The molecule has 0 radical (unpaired) electrons. The SMILES string of the molecule is Cc1cc(C)cc(NS(=O)(=O)c2ccc3c(c2)NC(=O)CC(C)S3)c1. The number of thioether (sulfide) groups is 1. The highest BCUT2D eigenvalue weighted by Gasteiger charge is 2.22. The highest BCUT2D eigenvalue weighted by molar-refractivity contribution is 8.00. The lowest BCUT2D eigenvalue weighted by Crippen LogP contribution is -2.15. The van der Waals surface area contributed by atoms with Gasteiger partial charge in [0, 0.05) is 22.3 Å². The molecule has 7 heteroatoms. The number of carbonyl (C=O) groups excluding carboxylic acids is 1. The molecule has 0 saturated heterocycles. The first-order chi connectivity index (χ1) is 11.7. The molecule has 1 unspecified atom stereocenters. The number of anilines is 2. The summed E-state index contributed by atoms with van der Waals surface area (Å²) in [6.07, 6.45) is 0.405. The van der Waals surface area contributed by atoms with E-state index in [-0.39, 0.29) is 16.1 Å². The Morgan fingerprint density at radius 1 is 1.12 bits per heavy atom. The van der Waals surface area contributed by atoms with Crippen LogP contribution in [0.1, 0.15) is 24.5 Å². The van der Waals surface area contributed by atoms with Crippen molar-refractivity contribution in [3.63, 3.8) is 0 Å². The monoisotopic (exact) mass is 376 g/mol. The van der Waals surface area contributed by atoms with Gasteiger partial charge in [0.2, 0.25) is 5.91 Å². The maximum atomic E-state index is 12.7. The van der Waals surface area contributed by atoms with Crippen molar-refractivity contribution < 1.29 is 13.2 Å². The Morgan fingerprint density at radius 3 is 2.48 bits per heavy atom. The fourth-order valence-electron chi connectivity index (χ4n) is 2.85. The summed E-state index contributed by atoms with van der Waals surface area (Å²) >= 11 is 1.57. The highest BCUT2D eigenvalue weighted by Crippen LogP contribution is 2.36. The number of sulfonamides is 1. The van der Waals surface area contributed by atoms with Gasteiger partial charge in [-0.2, -0.15) is 0 Å². The van der Waals surface area contributed by atoms with Crippen molar-refractivity contribution in [2.75, 3.05) is 10.0 Å². The lowest BCUT2D eigenvalue weighted by atomic mass is 10.1. The number of hydrogen-bond acceptors (Lipinski definition) is 4. The minimum Gasteiger partial charge on any atom is -0.325 e. The van der Waals surface area contributed by atoms with Crippen LogP contribution in [0.25, 0.3) is 0 Å². The summed E-state index contributed by atoms with van der Waals surface area (Å²) in [5.74, 6) is -0.101. The van der Waals surface area contributed by atoms with Gasteiger partial charge in [0.05, 0.1) is 10.6 Å². The van der Waals surface area contributed by atoms with Gasteiger partial charge in [-0.3, -0.25) is 9.52 Å². The zero-order chi connectivity index (χ0) is 18.2. The molecular weight excluding hydrogens is 356 g/mol. The molecule has 1 heterocycles. The van der Waals surface area contributed by atoms with Gasteiger partial charge >= 0.3 is 0 Å². The van der Waals surface area contributed by atoms with Crippen LogP contribution in [0.2, 0.25) is 0 Å². The predicted molar refractivity (Wildman–Crippen MR) is 102 cm³/mol. The van der Waals surface area contributed by atoms with Crippen molar-refractivity contribution in [3.05, 3.63) is 47.5 Å². The van der Waals surface area contributed by atoms with Crippen molar-refractivity contribution >= 4 is 39.1 Å². The fourth-order valence-corrected chi connectivity index (χ4v) is 4.96. The van der Waals surface area contributed by atoms with E-state index in [0.29, 0.717) is 17.8 Å². The lowest BCUT2D eigenvalue weighted by Gasteiger charge is -2.12. The van der Waals surface area contributed by atoms with Crippen molar-refractivity contribution in [1.82, 2.24) is 0 Å². The Morgan fingerprint density at radius 2 is 1.80 bits per heavy atom. The summed E-state index contributed by atoms with van der Waals surface area (Å²) < 4.78 is 28.0. The van der Waals surface area contributed by atoms with Crippen molar-refractivity contribution in [3.8, 4) is 0 Å². The molecule has 2 aromatic carbocycles. The van der Waals surface area contributed by atoms with Crippen molar-refractivity contribution in [1.29, 1.82) is 0 Å². The number of aryl methyl sites for hydroxylation is 2. The van der Waals surface area contributed by atoms with E-state index < -0.39 is 10.0 Å². The van der Waals surface area contributed by atoms with Crippen molar-refractivity contribution in [2.24, 2.45) is 0 Å². The summed E-state index contributed by atoms with van der Waals surface area (Å²) in [4.78, 5) is 12.9. The molecule has 1 aliphatic rings. The molecule has 2 aromatic rings. The van der Waals surface area contributed by atoms with Crippen molar-refractivity contribution in [2.45, 2.75) is 42.2 Å². The highest BCUT2D eigenvalue weighted by atomic mass is 32.2. The molecule has 0 fully saturated rings. The molecule has 1 amide bonds. The fraction of sp³-hybridized carbons (Fsp3) is 0.278. The number of benzene rings is 2. The number of rotatable bonds is 3. The first-order valence-corrected chi connectivity index (χ1v) is 10.3. The molecule has 1 aliphatic heterocycles. The van der Waals surface area contributed by atoms with Gasteiger partial charge < -0.3 is 5.32 Å². The van der Waals surface area contributed by atoms with Crippen LogP contribution in [0, 0.1) is 13.8 Å². The molecule has 25 heavy (non-hydrogen) atoms.